The van der Waals surface area contributed by atoms with Crippen molar-refractivity contribution in [2.45, 2.75) is 0 Å². The topological polar surface area (TPSA) is 59.1 Å². The van der Waals surface area contributed by atoms with E-state index in [2.05, 4.69) is 16.8 Å². The van der Waals surface area contributed by atoms with Gasteiger partial charge in [0.2, 0.25) is 0 Å². The summed E-state index contributed by atoms with van der Waals surface area (Å²) in [5.74, 6) is 5.04. The molecule has 0 spiro atoms. The van der Waals surface area contributed by atoms with Gasteiger partial charge in [0.25, 0.3) is 0 Å². The van der Waals surface area contributed by atoms with E-state index < -0.39 is 0 Å². The van der Waals surface area contributed by atoms with E-state index in [0.29, 0.717) is 16.4 Å². The standard InChI is InChI=1S/C8H7ClN2O/c9-6-4-7(10)8(11-5-6)2-1-3-12/h4-5,12H,3,10H2. The lowest BCUT2D eigenvalue weighted by atomic mass is 10.3. The zero-order valence-electron chi connectivity index (χ0n) is 6.21. The third-order valence-corrected chi connectivity index (χ3v) is 1.38. The minimum atomic E-state index is -0.205. The van der Waals surface area contributed by atoms with Crippen molar-refractivity contribution in [2.24, 2.45) is 0 Å². The Morgan fingerprint density at radius 3 is 3.00 bits per heavy atom. The molecule has 0 bridgehead atoms. The van der Waals surface area contributed by atoms with E-state index in [4.69, 9.17) is 22.4 Å². The number of rotatable bonds is 0. The Kier molecular flexibility index (Phi) is 2.92. The second-order valence-corrected chi connectivity index (χ2v) is 2.49. The fourth-order valence-corrected chi connectivity index (χ4v) is 0.849. The number of hydrogen-bond acceptors (Lipinski definition) is 3. The summed E-state index contributed by atoms with van der Waals surface area (Å²) in [4.78, 5) is 3.87. The van der Waals surface area contributed by atoms with E-state index in [0.717, 1.165) is 0 Å². The molecule has 0 aliphatic rings. The van der Waals surface area contributed by atoms with E-state index in [1.165, 1.54) is 6.20 Å². The summed E-state index contributed by atoms with van der Waals surface area (Å²) in [7, 11) is 0. The molecule has 1 aromatic rings. The zero-order valence-corrected chi connectivity index (χ0v) is 6.97. The van der Waals surface area contributed by atoms with Crippen LogP contribution < -0.4 is 5.73 Å². The van der Waals surface area contributed by atoms with Gasteiger partial charge in [-0.1, -0.05) is 17.5 Å². The van der Waals surface area contributed by atoms with Gasteiger partial charge in [0, 0.05) is 6.20 Å². The summed E-state index contributed by atoms with van der Waals surface area (Å²) in [5.41, 5.74) is 6.39. The van der Waals surface area contributed by atoms with Crippen LogP contribution in [0.15, 0.2) is 12.3 Å². The molecule has 1 aromatic heterocycles. The molecule has 0 aromatic carbocycles. The predicted molar refractivity (Wildman–Crippen MR) is 47.6 cm³/mol. The Labute approximate surface area is 75.2 Å². The molecule has 0 saturated carbocycles. The summed E-state index contributed by atoms with van der Waals surface area (Å²) in [5, 5.41) is 8.88. The first-order chi connectivity index (χ1) is 5.74. The molecule has 0 saturated heterocycles. The van der Waals surface area contributed by atoms with Crippen molar-refractivity contribution in [3.63, 3.8) is 0 Å². The molecule has 0 unspecified atom stereocenters. The number of nitrogens with two attached hydrogens (primary N) is 1. The molecule has 1 rings (SSSR count). The molecule has 62 valence electrons. The lowest BCUT2D eigenvalue weighted by Crippen LogP contribution is -1.93. The van der Waals surface area contributed by atoms with Crippen LogP contribution in [0.5, 0.6) is 0 Å². The van der Waals surface area contributed by atoms with Crippen LogP contribution in [0.2, 0.25) is 5.02 Å². The van der Waals surface area contributed by atoms with Crippen molar-refractivity contribution in [1.29, 1.82) is 0 Å². The summed E-state index contributed by atoms with van der Waals surface area (Å²) < 4.78 is 0. The minimum absolute atomic E-state index is 0.205. The third kappa shape index (κ3) is 2.12. The van der Waals surface area contributed by atoms with Crippen molar-refractivity contribution in [2.75, 3.05) is 12.3 Å². The molecular weight excluding hydrogens is 176 g/mol. The minimum Gasteiger partial charge on any atom is -0.396 e. The Balaban J connectivity index is 3.01. The lowest BCUT2D eigenvalue weighted by molar-refractivity contribution is 0.350. The van der Waals surface area contributed by atoms with E-state index in [1.54, 1.807) is 6.07 Å². The van der Waals surface area contributed by atoms with Crippen LogP contribution in [-0.2, 0) is 0 Å². The van der Waals surface area contributed by atoms with E-state index in [9.17, 15) is 0 Å². The SMILES string of the molecule is Nc1cc(Cl)cnc1C#CCO. The second kappa shape index (κ2) is 3.96. The second-order valence-electron chi connectivity index (χ2n) is 2.05. The Morgan fingerprint density at radius 2 is 2.42 bits per heavy atom. The number of aromatic nitrogens is 1. The number of anilines is 1. The van der Waals surface area contributed by atoms with Gasteiger partial charge in [-0.15, -0.1) is 0 Å². The number of nitrogens with zero attached hydrogens (tertiary/aromatic N) is 1. The van der Waals surface area contributed by atoms with Gasteiger partial charge < -0.3 is 10.8 Å². The first kappa shape index (κ1) is 8.85. The van der Waals surface area contributed by atoms with Gasteiger partial charge in [-0.05, 0) is 12.0 Å². The molecular formula is C8H7ClN2O. The molecule has 3 nitrogen and oxygen atoms in total. The summed E-state index contributed by atoms with van der Waals surface area (Å²) in [6, 6.07) is 1.57. The number of aliphatic hydroxyl groups excluding tert-OH is 1. The van der Waals surface area contributed by atoms with Crippen molar-refractivity contribution in [3.8, 4) is 11.8 Å². The number of pyridine rings is 1. The van der Waals surface area contributed by atoms with Crippen LogP contribution >= 0.6 is 11.6 Å². The Bertz CT molecular complexity index is 341. The molecule has 4 heteroatoms. The maximum atomic E-state index is 8.40. The first-order valence-electron chi connectivity index (χ1n) is 3.25. The molecule has 0 fully saturated rings. The van der Waals surface area contributed by atoms with Gasteiger partial charge in [-0.2, -0.15) is 0 Å². The molecule has 3 N–H and O–H groups in total. The van der Waals surface area contributed by atoms with Crippen LogP contribution in [0, 0.1) is 11.8 Å². The van der Waals surface area contributed by atoms with Gasteiger partial charge in [-0.3, -0.25) is 0 Å². The maximum absolute atomic E-state index is 8.40. The normalized spacial score (nSPS) is 8.83. The zero-order chi connectivity index (χ0) is 8.97. The highest BCUT2D eigenvalue weighted by Crippen LogP contribution is 2.13. The quantitative estimate of drug-likeness (QED) is 0.580. The van der Waals surface area contributed by atoms with Gasteiger partial charge >= 0.3 is 0 Å². The Hall–Kier alpha value is -1.24. The van der Waals surface area contributed by atoms with E-state index >= 15 is 0 Å². The van der Waals surface area contributed by atoms with E-state index in [1.807, 2.05) is 0 Å². The molecule has 0 radical (unpaired) electrons. The molecule has 1 heterocycles. The van der Waals surface area contributed by atoms with Crippen molar-refractivity contribution in [3.05, 3.63) is 23.0 Å². The van der Waals surface area contributed by atoms with Crippen LogP contribution in [0.25, 0.3) is 0 Å². The van der Waals surface area contributed by atoms with Gasteiger partial charge in [0.1, 0.15) is 12.3 Å². The molecule has 0 amide bonds. The fourth-order valence-electron chi connectivity index (χ4n) is 0.683. The van der Waals surface area contributed by atoms with Gasteiger partial charge in [-0.25, -0.2) is 4.98 Å². The van der Waals surface area contributed by atoms with Gasteiger partial charge in [0.05, 0.1) is 10.7 Å². The molecule has 0 aliphatic heterocycles. The monoisotopic (exact) mass is 182 g/mol. The highest BCUT2D eigenvalue weighted by molar-refractivity contribution is 6.30. The van der Waals surface area contributed by atoms with Crippen LogP contribution in [0.1, 0.15) is 5.69 Å². The highest BCUT2D eigenvalue weighted by Gasteiger charge is 1.96. The average molecular weight is 183 g/mol. The molecule has 0 aliphatic carbocycles. The molecule has 12 heavy (non-hydrogen) atoms. The van der Waals surface area contributed by atoms with Gasteiger partial charge in [0.15, 0.2) is 0 Å². The highest BCUT2D eigenvalue weighted by atomic mass is 35.5. The van der Waals surface area contributed by atoms with Crippen molar-refractivity contribution < 1.29 is 5.11 Å². The summed E-state index contributed by atoms with van der Waals surface area (Å²) in [6.07, 6.45) is 1.46. The van der Waals surface area contributed by atoms with Crippen molar-refractivity contribution >= 4 is 17.3 Å². The first-order valence-corrected chi connectivity index (χ1v) is 3.62. The largest absolute Gasteiger partial charge is 0.396 e. The smallest absolute Gasteiger partial charge is 0.136 e. The lowest BCUT2D eigenvalue weighted by Gasteiger charge is -1.96. The fraction of sp³-hybridized carbons (Fsp3) is 0.125. The maximum Gasteiger partial charge on any atom is 0.136 e. The van der Waals surface area contributed by atoms with Crippen LogP contribution in [0.3, 0.4) is 0 Å². The third-order valence-electron chi connectivity index (χ3n) is 1.17. The number of hydrogen-bond donors (Lipinski definition) is 2. The summed E-state index contributed by atoms with van der Waals surface area (Å²) in [6.45, 7) is -0.205. The number of nitrogen functional groups attached to an aromatic ring is 1. The van der Waals surface area contributed by atoms with Crippen LogP contribution in [-0.4, -0.2) is 16.7 Å². The Morgan fingerprint density at radius 1 is 1.67 bits per heavy atom. The van der Waals surface area contributed by atoms with Crippen LogP contribution in [0.4, 0.5) is 5.69 Å². The molecule has 0 atom stereocenters. The summed E-state index contributed by atoms with van der Waals surface area (Å²) >= 11 is 5.61. The van der Waals surface area contributed by atoms with E-state index in [-0.39, 0.29) is 6.61 Å². The number of aliphatic hydroxyl groups is 1. The number of halogens is 1. The predicted octanol–water partition coefficient (Wildman–Crippen LogP) is 0.661. The average Bonchev–Trinajstić information content (AvgIpc) is 2.03. The van der Waals surface area contributed by atoms with Crippen molar-refractivity contribution in [1.82, 2.24) is 4.98 Å².